The van der Waals surface area contributed by atoms with E-state index in [9.17, 15) is 91.3 Å². The molecule has 20 N–H and O–H groups in total. The Labute approximate surface area is 425 Å². The van der Waals surface area contributed by atoms with Crippen molar-refractivity contribution < 1.29 is 150 Å². The average Bonchev–Trinajstić information content (AvgIpc) is 3.35. The van der Waals surface area contributed by atoms with Crippen molar-refractivity contribution in [2.45, 2.75) is 176 Å². The summed E-state index contributed by atoms with van der Waals surface area (Å²) in [4.78, 5) is 23.1. The van der Waals surface area contributed by atoms with E-state index in [1.165, 1.54) is 13.8 Å². The summed E-state index contributed by atoms with van der Waals surface area (Å²) in [6.07, 6.45) is -28.2. The average molecular weight is 1090 g/mol. The van der Waals surface area contributed by atoms with Gasteiger partial charge in [-0.1, -0.05) is 13.8 Å². The maximum atomic E-state index is 11.6. The lowest BCUT2D eigenvalue weighted by atomic mass is 9.84. The number of hydrogen-bond donors (Lipinski definition) is 16. The van der Waals surface area contributed by atoms with Crippen LogP contribution in [0.4, 0.5) is 0 Å². The minimum atomic E-state index is -1.59. The zero-order valence-electron chi connectivity index (χ0n) is 41.3. The highest BCUT2D eigenvalue weighted by Crippen LogP contribution is 2.35. The fourth-order valence-corrected chi connectivity index (χ4v) is 9.85. The van der Waals surface area contributed by atoms with Crippen molar-refractivity contribution >= 4 is 11.9 Å². The van der Waals surface area contributed by atoms with E-state index < -0.39 is 196 Å². The van der Waals surface area contributed by atoms with E-state index in [0.29, 0.717) is 0 Å². The molecule has 0 aliphatic carbocycles. The molecule has 0 saturated carbocycles. The number of hydrogen-bond acceptors (Lipinski definition) is 26. The third-order valence-corrected chi connectivity index (χ3v) is 14.6. The van der Waals surface area contributed by atoms with Crippen LogP contribution in [0.2, 0.25) is 0 Å². The van der Waals surface area contributed by atoms with Crippen molar-refractivity contribution in [1.82, 2.24) is 0 Å². The Morgan fingerprint density at radius 2 is 0.770 bits per heavy atom. The normalized spacial score (nSPS) is 46.7. The van der Waals surface area contributed by atoms with Crippen LogP contribution in [0.25, 0.3) is 0 Å². The van der Waals surface area contributed by atoms with Crippen LogP contribution >= 0.6 is 0 Å². The summed E-state index contributed by atoms with van der Waals surface area (Å²) in [5.41, 5.74) is 0. The van der Waals surface area contributed by atoms with Gasteiger partial charge in [-0.25, -0.2) is 9.59 Å². The second kappa shape index (κ2) is 29.8. The molecule has 30 heteroatoms. The van der Waals surface area contributed by atoms with Gasteiger partial charge in [-0.2, -0.15) is 0 Å². The van der Waals surface area contributed by atoms with Crippen molar-refractivity contribution in [2.24, 2.45) is 35.5 Å². The Hall–Kier alpha value is -2.10. The summed E-state index contributed by atoms with van der Waals surface area (Å²) >= 11 is 0. The van der Waals surface area contributed by atoms with Crippen LogP contribution in [0.15, 0.2) is 0 Å². The fourth-order valence-electron chi connectivity index (χ4n) is 9.85. The quantitative estimate of drug-likeness (QED) is 0.0606. The van der Waals surface area contributed by atoms with Crippen LogP contribution in [-0.2, 0) is 57.0 Å². The van der Waals surface area contributed by atoms with Gasteiger partial charge < -0.3 is 140 Å². The third-order valence-electron chi connectivity index (χ3n) is 14.6. The number of rotatable bonds is 18. The molecular formula is C44H80O30. The van der Waals surface area contributed by atoms with Gasteiger partial charge in [-0.3, -0.25) is 0 Å². The van der Waals surface area contributed by atoms with Gasteiger partial charge in [-0.15, -0.1) is 0 Å². The Morgan fingerprint density at radius 1 is 0.419 bits per heavy atom. The minimum Gasteiger partial charge on any atom is -0.479 e. The predicted molar refractivity (Wildman–Crippen MR) is 240 cm³/mol. The molecule has 436 valence electrons. The fraction of sp³-hybridized carbons (Fsp3) is 0.955. The molecule has 6 heterocycles. The van der Waals surface area contributed by atoms with Crippen molar-refractivity contribution in [3.8, 4) is 0 Å². The molecule has 6 rings (SSSR count). The molecule has 6 fully saturated rings. The van der Waals surface area contributed by atoms with Crippen LogP contribution < -0.4 is 0 Å². The lowest BCUT2D eigenvalue weighted by molar-refractivity contribution is -0.306. The highest BCUT2D eigenvalue weighted by Gasteiger charge is 2.51. The van der Waals surface area contributed by atoms with Gasteiger partial charge >= 0.3 is 11.9 Å². The Morgan fingerprint density at radius 3 is 1.15 bits per heavy atom. The van der Waals surface area contributed by atoms with E-state index in [0.717, 1.165) is 0 Å². The van der Waals surface area contributed by atoms with Gasteiger partial charge in [-0.05, 0) is 26.7 Å². The lowest BCUT2D eigenvalue weighted by Gasteiger charge is -2.44. The Bertz CT molecular complexity index is 1660. The third kappa shape index (κ3) is 15.2. The smallest absolute Gasteiger partial charge is 0.335 e. The summed E-state index contributed by atoms with van der Waals surface area (Å²) < 4.78 is 55.2. The van der Waals surface area contributed by atoms with Crippen molar-refractivity contribution in [1.29, 1.82) is 0 Å². The molecule has 0 aromatic carbocycles. The van der Waals surface area contributed by atoms with E-state index in [4.69, 9.17) is 47.4 Å². The van der Waals surface area contributed by atoms with Gasteiger partial charge in [0.1, 0.15) is 61.0 Å². The first kappa shape index (κ1) is 66.2. The van der Waals surface area contributed by atoms with E-state index in [1.54, 1.807) is 13.8 Å². The summed E-state index contributed by atoms with van der Waals surface area (Å²) in [6.45, 7) is 4.58. The van der Waals surface area contributed by atoms with E-state index >= 15 is 0 Å². The molecule has 28 atom stereocenters. The number of carboxylic acids is 2. The molecule has 0 spiro atoms. The SMILES string of the molecule is CCC1C(O)[C@H](OCC2COC(CO)[C@@H](O)C2CO[C@@H]2OC(C)[C@@H](O)C(O)C2O)OC(C(=O)O)[C@H]1O.CC[C@@H]1C(C(=O)O)O[C@@H](OCC2COC(CO)[C@@H](O)C2CO[C@@H]2OC(C)[C@@H](O)C(O)C2O)C(O)C1O.O.O. The number of aliphatic hydroxyl groups is 14. The van der Waals surface area contributed by atoms with Crippen LogP contribution in [0.3, 0.4) is 0 Å². The van der Waals surface area contributed by atoms with Gasteiger partial charge in [0.2, 0.25) is 0 Å². The number of aliphatic hydroxyl groups excluding tert-OH is 14. The van der Waals surface area contributed by atoms with E-state index in [1.807, 2.05) is 0 Å². The monoisotopic (exact) mass is 1090 g/mol. The molecule has 30 nitrogen and oxygen atoms in total. The zero-order valence-corrected chi connectivity index (χ0v) is 41.3. The first-order chi connectivity index (χ1) is 34.0. The Kier molecular flexibility index (Phi) is 26.6. The topological polar surface area (TPSA) is 513 Å². The molecule has 0 aromatic rings. The van der Waals surface area contributed by atoms with Crippen molar-refractivity contribution in [2.75, 3.05) is 52.9 Å². The second-order valence-corrected chi connectivity index (χ2v) is 19.3. The van der Waals surface area contributed by atoms with Gasteiger partial charge in [0.15, 0.2) is 37.4 Å². The highest BCUT2D eigenvalue weighted by atomic mass is 16.7. The summed E-state index contributed by atoms with van der Waals surface area (Å²) in [7, 11) is 0. The lowest BCUT2D eigenvalue weighted by Crippen LogP contribution is -2.59. The molecule has 6 aliphatic heterocycles. The maximum Gasteiger partial charge on any atom is 0.335 e. The molecule has 0 amide bonds. The standard InChI is InChI=1S/2C22H38O14.2H2O/c1-3-10-15(26)17(28)22(36-19(10)20(30)31)33-6-9-5-32-12(4-23)14(25)11(9)7-34-21-18(29)16(27)13(24)8(2)35-21;1-3-10-15(26)19(20(30)31)36-21(16(10)27)33-6-9-5-32-12(4-23)14(25)11(9)7-34-22-18(29)17(28)13(24)8(2)35-22;;/h2*8-19,21-29H,3-7H2,1-2H3,(H,30,31);2*1H2/t8?,9?,10-,11?,12?,13+,14-,15?,16?,17?,18?,19?,21+,22+;8?,9?,10?,11?,12?,13-,14+,15+,16?,17?,18?,19?,21-,22-;;/m01../s1. The molecule has 0 aromatic heterocycles. The largest absolute Gasteiger partial charge is 0.479 e. The summed E-state index contributed by atoms with van der Waals surface area (Å²) in [5, 5.41) is 161. The van der Waals surface area contributed by atoms with Crippen LogP contribution in [0.1, 0.15) is 40.5 Å². The first-order valence-electron chi connectivity index (χ1n) is 24.2. The van der Waals surface area contributed by atoms with Crippen LogP contribution in [0, 0.1) is 35.5 Å². The molecule has 0 radical (unpaired) electrons. The Balaban J connectivity index is 0.000000380. The molecule has 0 bridgehead atoms. The zero-order chi connectivity index (χ0) is 53.5. The number of carbonyl (C=O) groups is 2. The van der Waals surface area contributed by atoms with E-state index in [-0.39, 0.29) is 63.4 Å². The predicted octanol–water partition coefficient (Wildman–Crippen LogP) is -8.87. The second-order valence-electron chi connectivity index (χ2n) is 19.3. The molecular weight excluding hydrogens is 1010 g/mol. The van der Waals surface area contributed by atoms with Gasteiger partial charge in [0, 0.05) is 35.5 Å². The van der Waals surface area contributed by atoms with E-state index in [2.05, 4.69) is 0 Å². The van der Waals surface area contributed by atoms with Crippen LogP contribution in [-0.4, -0.2) is 292 Å². The van der Waals surface area contributed by atoms with Gasteiger partial charge in [0.05, 0.1) is 89.5 Å². The van der Waals surface area contributed by atoms with Gasteiger partial charge in [0.25, 0.3) is 0 Å². The molecule has 6 aliphatic rings. The molecule has 6 saturated heterocycles. The molecule has 74 heavy (non-hydrogen) atoms. The number of aliphatic carboxylic acids is 2. The first-order valence-corrected chi connectivity index (χ1v) is 24.2. The summed E-state index contributed by atoms with van der Waals surface area (Å²) in [5.74, 6) is -6.99. The summed E-state index contributed by atoms with van der Waals surface area (Å²) in [6, 6.07) is 0. The van der Waals surface area contributed by atoms with Crippen molar-refractivity contribution in [3.63, 3.8) is 0 Å². The number of carboxylic acid groups (broad SMARTS) is 2. The van der Waals surface area contributed by atoms with Crippen LogP contribution in [0.5, 0.6) is 0 Å². The minimum absolute atomic E-state index is 0. The molecule has 18 unspecified atom stereocenters. The number of ether oxygens (including phenoxy) is 10. The highest BCUT2D eigenvalue weighted by molar-refractivity contribution is 5.73. The van der Waals surface area contributed by atoms with Crippen molar-refractivity contribution in [3.05, 3.63) is 0 Å². The maximum absolute atomic E-state index is 11.6.